The molecule has 1 N–H and O–H groups in total. The molecule has 0 radical (unpaired) electrons. The molecule has 0 saturated carbocycles. The van der Waals surface area contributed by atoms with Crippen LogP contribution in [0.4, 0.5) is 0 Å². The Balaban J connectivity index is 1.99. The van der Waals surface area contributed by atoms with Crippen molar-refractivity contribution in [2.75, 3.05) is 26.7 Å². The van der Waals surface area contributed by atoms with Crippen LogP contribution < -0.4 is 5.32 Å². The number of carbonyl (C=O) groups excluding carboxylic acids is 1. The van der Waals surface area contributed by atoms with Gasteiger partial charge in [0, 0.05) is 13.1 Å². The van der Waals surface area contributed by atoms with Gasteiger partial charge < -0.3 is 9.80 Å². The summed E-state index contributed by atoms with van der Waals surface area (Å²) in [4.78, 5) is 17.1. The van der Waals surface area contributed by atoms with Gasteiger partial charge in [0.1, 0.15) is 0 Å². The van der Waals surface area contributed by atoms with Crippen molar-refractivity contribution in [2.45, 2.75) is 58.7 Å². The van der Waals surface area contributed by atoms with Gasteiger partial charge in [0.2, 0.25) is 5.91 Å². The van der Waals surface area contributed by atoms with Crippen LogP contribution in [0.5, 0.6) is 0 Å². The predicted molar refractivity (Wildman–Crippen MR) is 82.4 cm³/mol. The summed E-state index contributed by atoms with van der Waals surface area (Å²) in [6, 6.07) is 0.0582. The second kappa shape index (κ2) is 6.90. The molecule has 0 bridgehead atoms. The fourth-order valence-corrected chi connectivity index (χ4v) is 3.56. The van der Waals surface area contributed by atoms with Crippen LogP contribution in [0, 0.1) is 11.8 Å². The van der Waals surface area contributed by atoms with Gasteiger partial charge in [-0.3, -0.25) is 10.1 Å². The summed E-state index contributed by atoms with van der Waals surface area (Å²) < 4.78 is 0. The highest BCUT2D eigenvalue weighted by atomic mass is 16.2. The molecule has 4 nitrogen and oxygen atoms in total. The van der Waals surface area contributed by atoms with E-state index >= 15 is 0 Å². The molecule has 2 saturated heterocycles. The third-order valence-electron chi connectivity index (χ3n) is 4.57. The highest BCUT2D eigenvalue weighted by Crippen LogP contribution is 2.24. The smallest absolute Gasteiger partial charge is 0.241 e. The molecule has 4 heteroatoms. The number of carbonyl (C=O) groups is 1. The first-order valence-electron chi connectivity index (χ1n) is 8.26. The molecular weight excluding hydrogens is 250 g/mol. The van der Waals surface area contributed by atoms with E-state index in [9.17, 15) is 4.79 Å². The quantitative estimate of drug-likeness (QED) is 0.808. The normalized spacial score (nSPS) is 31.8. The van der Waals surface area contributed by atoms with E-state index in [2.05, 4.69) is 42.9 Å². The zero-order chi connectivity index (χ0) is 14.7. The lowest BCUT2D eigenvalue weighted by Crippen LogP contribution is -2.41. The Bertz CT molecular complexity index is 332. The Kier molecular flexibility index (Phi) is 5.44. The van der Waals surface area contributed by atoms with Crippen LogP contribution in [-0.2, 0) is 4.79 Å². The van der Waals surface area contributed by atoms with Gasteiger partial charge in [0.25, 0.3) is 0 Å². The van der Waals surface area contributed by atoms with Crippen LogP contribution in [0.3, 0.4) is 0 Å². The molecule has 3 atom stereocenters. The molecule has 2 aliphatic rings. The van der Waals surface area contributed by atoms with Gasteiger partial charge in [0.15, 0.2) is 0 Å². The Hall–Kier alpha value is -0.610. The highest BCUT2D eigenvalue weighted by molar-refractivity contribution is 5.84. The summed E-state index contributed by atoms with van der Waals surface area (Å²) in [6.07, 6.45) is 4.58. The first-order chi connectivity index (χ1) is 9.51. The molecule has 0 aromatic rings. The topological polar surface area (TPSA) is 35.6 Å². The minimum Gasteiger partial charge on any atom is -0.325 e. The van der Waals surface area contributed by atoms with E-state index in [4.69, 9.17) is 0 Å². The Labute approximate surface area is 123 Å². The molecule has 2 heterocycles. The third-order valence-corrected chi connectivity index (χ3v) is 4.57. The SMILES string of the molecule is CCCC1NC(CC(C)C)N(CC2CCN(C)C2)C1=O. The lowest BCUT2D eigenvalue weighted by molar-refractivity contribution is -0.130. The van der Waals surface area contributed by atoms with E-state index in [1.165, 1.54) is 13.0 Å². The van der Waals surface area contributed by atoms with Crippen molar-refractivity contribution in [1.82, 2.24) is 15.1 Å². The van der Waals surface area contributed by atoms with Crippen LogP contribution >= 0.6 is 0 Å². The number of nitrogens with zero attached hydrogens (tertiary/aromatic N) is 2. The first kappa shape index (κ1) is 15.8. The minimum atomic E-state index is 0.0582. The Morgan fingerprint density at radius 1 is 1.40 bits per heavy atom. The Morgan fingerprint density at radius 3 is 2.70 bits per heavy atom. The second-order valence-corrected chi connectivity index (χ2v) is 7.06. The summed E-state index contributed by atoms with van der Waals surface area (Å²) in [5.41, 5.74) is 0. The van der Waals surface area contributed by atoms with Crippen LogP contribution in [0.25, 0.3) is 0 Å². The fourth-order valence-electron chi connectivity index (χ4n) is 3.56. The molecule has 2 rings (SSSR count). The number of amides is 1. The summed E-state index contributed by atoms with van der Waals surface area (Å²) in [5, 5.41) is 3.57. The zero-order valence-electron chi connectivity index (χ0n) is 13.6. The second-order valence-electron chi connectivity index (χ2n) is 7.06. The molecule has 0 spiro atoms. The number of hydrogen-bond donors (Lipinski definition) is 1. The van der Waals surface area contributed by atoms with Gasteiger partial charge in [0.05, 0.1) is 12.2 Å². The van der Waals surface area contributed by atoms with Gasteiger partial charge in [-0.15, -0.1) is 0 Å². The Morgan fingerprint density at radius 2 is 2.15 bits per heavy atom. The lowest BCUT2D eigenvalue weighted by Gasteiger charge is -2.28. The monoisotopic (exact) mass is 281 g/mol. The van der Waals surface area contributed by atoms with Crippen molar-refractivity contribution in [2.24, 2.45) is 11.8 Å². The fraction of sp³-hybridized carbons (Fsp3) is 0.938. The maximum absolute atomic E-state index is 12.6. The van der Waals surface area contributed by atoms with Crippen LogP contribution in [0.1, 0.15) is 46.5 Å². The average molecular weight is 281 g/mol. The molecule has 2 aliphatic heterocycles. The minimum absolute atomic E-state index is 0.0582. The molecule has 0 aliphatic carbocycles. The van der Waals surface area contributed by atoms with Crippen LogP contribution in [0.2, 0.25) is 0 Å². The van der Waals surface area contributed by atoms with Crippen LogP contribution in [-0.4, -0.2) is 54.6 Å². The van der Waals surface area contributed by atoms with Crippen molar-refractivity contribution in [3.8, 4) is 0 Å². The van der Waals surface area contributed by atoms with E-state index in [0.717, 1.165) is 32.4 Å². The van der Waals surface area contributed by atoms with Gasteiger partial charge in [-0.05, 0) is 44.7 Å². The van der Waals surface area contributed by atoms with E-state index in [-0.39, 0.29) is 12.2 Å². The van der Waals surface area contributed by atoms with E-state index < -0.39 is 0 Å². The number of rotatable bonds is 6. The molecule has 2 fully saturated rings. The first-order valence-corrected chi connectivity index (χ1v) is 8.26. The van der Waals surface area contributed by atoms with Gasteiger partial charge in [-0.25, -0.2) is 0 Å². The van der Waals surface area contributed by atoms with E-state index in [1.54, 1.807) is 0 Å². The van der Waals surface area contributed by atoms with Crippen LogP contribution in [0.15, 0.2) is 0 Å². The summed E-state index contributed by atoms with van der Waals surface area (Å²) in [6.45, 7) is 9.88. The molecule has 116 valence electrons. The molecule has 1 amide bonds. The summed E-state index contributed by atoms with van der Waals surface area (Å²) in [5.74, 6) is 1.61. The van der Waals surface area contributed by atoms with E-state index in [0.29, 0.717) is 17.7 Å². The van der Waals surface area contributed by atoms with Crippen molar-refractivity contribution < 1.29 is 4.79 Å². The van der Waals surface area contributed by atoms with E-state index in [1.807, 2.05) is 0 Å². The summed E-state index contributed by atoms with van der Waals surface area (Å²) >= 11 is 0. The average Bonchev–Trinajstić information content (AvgIpc) is 2.89. The predicted octanol–water partition coefficient (Wildman–Crippen LogP) is 1.91. The molecular formula is C16H31N3O. The molecule has 20 heavy (non-hydrogen) atoms. The van der Waals surface area contributed by atoms with Gasteiger partial charge in [-0.1, -0.05) is 27.2 Å². The third kappa shape index (κ3) is 3.73. The maximum Gasteiger partial charge on any atom is 0.241 e. The van der Waals surface area contributed by atoms with Crippen molar-refractivity contribution >= 4 is 5.91 Å². The molecule has 0 aromatic heterocycles. The summed E-state index contributed by atoms with van der Waals surface area (Å²) in [7, 11) is 2.18. The van der Waals surface area contributed by atoms with Gasteiger partial charge in [-0.2, -0.15) is 0 Å². The number of nitrogens with one attached hydrogen (secondary N) is 1. The lowest BCUT2D eigenvalue weighted by atomic mass is 10.1. The van der Waals surface area contributed by atoms with Crippen molar-refractivity contribution in [3.63, 3.8) is 0 Å². The highest BCUT2D eigenvalue weighted by Gasteiger charge is 2.39. The largest absolute Gasteiger partial charge is 0.325 e. The number of hydrogen-bond acceptors (Lipinski definition) is 3. The molecule has 0 aromatic carbocycles. The van der Waals surface area contributed by atoms with Crippen molar-refractivity contribution in [1.29, 1.82) is 0 Å². The standard InChI is InChI=1S/C16H31N3O/c1-5-6-14-16(20)19(15(17-14)9-12(2)3)11-13-7-8-18(4)10-13/h12-15,17H,5-11H2,1-4H3. The number of likely N-dealkylation sites (tertiary alicyclic amines) is 1. The zero-order valence-corrected chi connectivity index (χ0v) is 13.6. The van der Waals surface area contributed by atoms with Crippen molar-refractivity contribution in [3.05, 3.63) is 0 Å². The maximum atomic E-state index is 12.6. The van der Waals surface area contributed by atoms with Gasteiger partial charge >= 0.3 is 0 Å². The molecule has 3 unspecified atom stereocenters.